The van der Waals surface area contributed by atoms with Crippen LogP contribution >= 0.6 is 0 Å². The smallest absolute Gasteiger partial charge is 0.226 e. The Kier molecular flexibility index (Phi) is 5.15. The van der Waals surface area contributed by atoms with E-state index in [2.05, 4.69) is 51.3 Å². The molecule has 0 aromatic carbocycles. The van der Waals surface area contributed by atoms with Crippen molar-refractivity contribution in [1.29, 1.82) is 0 Å². The number of nitrogens with zero attached hydrogens (tertiary/aromatic N) is 3. The van der Waals surface area contributed by atoms with Crippen molar-refractivity contribution in [3.63, 3.8) is 0 Å². The summed E-state index contributed by atoms with van der Waals surface area (Å²) >= 11 is 0. The molecule has 0 fully saturated rings. The predicted octanol–water partition coefficient (Wildman–Crippen LogP) is 3.02. The second kappa shape index (κ2) is 7.07. The minimum atomic E-state index is 0.637. The SMILES string of the molecule is CCCNc1nc(NCCCC(C)C)c2[nH]cnc2n1. The molecule has 0 radical (unpaired) electrons. The summed E-state index contributed by atoms with van der Waals surface area (Å²) in [6.45, 7) is 8.37. The van der Waals surface area contributed by atoms with Crippen LogP contribution in [0.25, 0.3) is 11.2 Å². The van der Waals surface area contributed by atoms with Gasteiger partial charge in [-0.05, 0) is 25.2 Å². The van der Waals surface area contributed by atoms with E-state index < -0.39 is 0 Å². The van der Waals surface area contributed by atoms with Crippen LogP contribution < -0.4 is 10.6 Å². The molecule has 0 saturated carbocycles. The number of hydrogen-bond acceptors (Lipinski definition) is 5. The summed E-state index contributed by atoms with van der Waals surface area (Å²) in [4.78, 5) is 16.2. The molecule has 0 aliphatic rings. The summed E-state index contributed by atoms with van der Waals surface area (Å²) in [6.07, 6.45) is 5.04. The van der Waals surface area contributed by atoms with Crippen molar-refractivity contribution in [2.75, 3.05) is 23.7 Å². The van der Waals surface area contributed by atoms with Crippen molar-refractivity contribution in [2.24, 2.45) is 5.92 Å². The van der Waals surface area contributed by atoms with Gasteiger partial charge in [-0.1, -0.05) is 20.8 Å². The van der Waals surface area contributed by atoms with Crippen LogP contribution in [0.15, 0.2) is 6.33 Å². The number of imidazole rings is 1. The highest BCUT2D eigenvalue weighted by Gasteiger charge is 2.09. The van der Waals surface area contributed by atoms with Gasteiger partial charge in [-0.3, -0.25) is 0 Å². The van der Waals surface area contributed by atoms with Crippen molar-refractivity contribution in [3.05, 3.63) is 6.33 Å². The standard InChI is InChI=1S/C14H24N6/c1-4-7-16-14-19-12(15-8-5-6-10(2)3)11-13(20-14)18-9-17-11/h9-10H,4-8H2,1-3H3,(H3,15,16,17,18,19,20). The van der Waals surface area contributed by atoms with Gasteiger partial charge in [-0.2, -0.15) is 9.97 Å². The van der Waals surface area contributed by atoms with E-state index in [9.17, 15) is 0 Å². The van der Waals surface area contributed by atoms with Crippen molar-refractivity contribution in [2.45, 2.75) is 40.0 Å². The van der Waals surface area contributed by atoms with Crippen molar-refractivity contribution >= 4 is 22.9 Å². The Balaban J connectivity index is 2.07. The molecule has 2 rings (SSSR count). The molecule has 110 valence electrons. The van der Waals surface area contributed by atoms with Crippen LogP contribution in [-0.2, 0) is 0 Å². The Hall–Kier alpha value is -1.85. The molecule has 6 heteroatoms. The van der Waals surface area contributed by atoms with Crippen molar-refractivity contribution in [3.8, 4) is 0 Å². The lowest BCUT2D eigenvalue weighted by atomic mass is 10.1. The van der Waals surface area contributed by atoms with Gasteiger partial charge in [0.1, 0.15) is 5.52 Å². The highest BCUT2D eigenvalue weighted by Crippen LogP contribution is 2.18. The molecule has 20 heavy (non-hydrogen) atoms. The molecular weight excluding hydrogens is 252 g/mol. The first-order valence-electron chi connectivity index (χ1n) is 7.39. The maximum atomic E-state index is 4.52. The number of hydrogen-bond donors (Lipinski definition) is 3. The quantitative estimate of drug-likeness (QED) is 0.646. The maximum absolute atomic E-state index is 4.52. The number of aromatic nitrogens is 4. The molecule has 3 N–H and O–H groups in total. The fourth-order valence-corrected chi connectivity index (χ4v) is 1.99. The van der Waals surface area contributed by atoms with Crippen LogP contribution in [0.3, 0.4) is 0 Å². The van der Waals surface area contributed by atoms with Gasteiger partial charge in [0.15, 0.2) is 11.5 Å². The molecule has 2 aromatic rings. The second-order valence-corrected chi connectivity index (χ2v) is 5.39. The number of H-pyrrole nitrogens is 1. The molecule has 0 unspecified atom stereocenters. The van der Waals surface area contributed by atoms with E-state index in [-0.39, 0.29) is 0 Å². The number of anilines is 2. The molecule has 0 aliphatic carbocycles. The van der Waals surface area contributed by atoms with E-state index in [1.54, 1.807) is 6.33 Å². The second-order valence-electron chi connectivity index (χ2n) is 5.39. The van der Waals surface area contributed by atoms with Crippen LogP contribution in [0.1, 0.15) is 40.0 Å². The van der Waals surface area contributed by atoms with Gasteiger partial charge in [-0.15, -0.1) is 0 Å². The lowest BCUT2D eigenvalue weighted by Gasteiger charge is -2.10. The van der Waals surface area contributed by atoms with Crippen LogP contribution in [0.4, 0.5) is 11.8 Å². The normalized spacial score (nSPS) is 11.2. The Morgan fingerprint density at radius 1 is 1.20 bits per heavy atom. The van der Waals surface area contributed by atoms with Gasteiger partial charge in [0.05, 0.1) is 6.33 Å². The van der Waals surface area contributed by atoms with Crippen LogP contribution in [0.5, 0.6) is 0 Å². The van der Waals surface area contributed by atoms with E-state index in [1.165, 1.54) is 6.42 Å². The lowest BCUT2D eigenvalue weighted by Crippen LogP contribution is -2.09. The summed E-state index contributed by atoms with van der Waals surface area (Å²) in [5.41, 5.74) is 1.57. The molecule has 0 amide bonds. The molecule has 0 saturated heterocycles. The average molecular weight is 276 g/mol. The molecule has 6 nitrogen and oxygen atoms in total. The molecule has 0 atom stereocenters. The third-order valence-corrected chi connectivity index (χ3v) is 3.07. The highest BCUT2D eigenvalue weighted by atomic mass is 15.2. The minimum Gasteiger partial charge on any atom is -0.368 e. The van der Waals surface area contributed by atoms with E-state index >= 15 is 0 Å². The van der Waals surface area contributed by atoms with Crippen LogP contribution in [0, 0.1) is 5.92 Å². The zero-order chi connectivity index (χ0) is 14.4. The van der Waals surface area contributed by atoms with Crippen molar-refractivity contribution < 1.29 is 0 Å². The minimum absolute atomic E-state index is 0.637. The van der Waals surface area contributed by atoms with Gasteiger partial charge in [0.25, 0.3) is 0 Å². The third kappa shape index (κ3) is 3.82. The van der Waals surface area contributed by atoms with Gasteiger partial charge in [0, 0.05) is 13.1 Å². The summed E-state index contributed by atoms with van der Waals surface area (Å²) in [6, 6.07) is 0. The van der Waals surface area contributed by atoms with E-state index in [0.29, 0.717) is 11.6 Å². The largest absolute Gasteiger partial charge is 0.368 e. The molecule has 0 spiro atoms. The van der Waals surface area contributed by atoms with Gasteiger partial charge >= 0.3 is 0 Å². The predicted molar refractivity (Wildman–Crippen MR) is 83.0 cm³/mol. The van der Waals surface area contributed by atoms with E-state index in [1.807, 2.05) is 0 Å². The zero-order valence-electron chi connectivity index (χ0n) is 12.5. The van der Waals surface area contributed by atoms with Crippen molar-refractivity contribution in [1.82, 2.24) is 19.9 Å². The Labute approximate surface area is 119 Å². The Morgan fingerprint density at radius 3 is 2.80 bits per heavy atom. The first-order chi connectivity index (χ1) is 9.70. The first-order valence-corrected chi connectivity index (χ1v) is 7.39. The first kappa shape index (κ1) is 14.6. The number of nitrogens with one attached hydrogen (secondary N) is 3. The molecular formula is C14H24N6. The van der Waals surface area contributed by atoms with Crippen LogP contribution in [0.2, 0.25) is 0 Å². The molecule has 2 heterocycles. The summed E-state index contributed by atoms with van der Waals surface area (Å²) in [5, 5.41) is 6.59. The van der Waals surface area contributed by atoms with Gasteiger partial charge < -0.3 is 15.6 Å². The zero-order valence-corrected chi connectivity index (χ0v) is 12.5. The van der Waals surface area contributed by atoms with E-state index in [0.717, 1.165) is 43.2 Å². The number of rotatable bonds is 8. The van der Waals surface area contributed by atoms with E-state index in [4.69, 9.17) is 0 Å². The molecule has 2 aromatic heterocycles. The summed E-state index contributed by atoms with van der Waals surface area (Å²) in [5.74, 6) is 2.20. The average Bonchev–Trinajstić information content (AvgIpc) is 2.89. The topological polar surface area (TPSA) is 78.5 Å². The van der Waals surface area contributed by atoms with Crippen LogP contribution in [-0.4, -0.2) is 33.0 Å². The molecule has 0 aliphatic heterocycles. The van der Waals surface area contributed by atoms with Gasteiger partial charge in [-0.25, -0.2) is 4.98 Å². The van der Waals surface area contributed by atoms with Gasteiger partial charge in [0.2, 0.25) is 5.95 Å². The number of fused-ring (bicyclic) bond motifs is 1. The summed E-state index contributed by atoms with van der Waals surface area (Å²) in [7, 11) is 0. The fraction of sp³-hybridized carbons (Fsp3) is 0.643. The third-order valence-electron chi connectivity index (χ3n) is 3.07. The fourth-order valence-electron chi connectivity index (χ4n) is 1.99. The molecule has 0 bridgehead atoms. The maximum Gasteiger partial charge on any atom is 0.226 e. The summed E-state index contributed by atoms with van der Waals surface area (Å²) < 4.78 is 0. The Bertz CT molecular complexity index is 533. The number of aromatic amines is 1. The lowest BCUT2D eigenvalue weighted by molar-refractivity contribution is 0.567. The monoisotopic (exact) mass is 276 g/mol. The Morgan fingerprint density at radius 2 is 2.05 bits per heavy atom. The highest BCUT2D eigenvalue weighted by molar-refractivity contribution is 5.83.